The summed E-state index contributed by atoms with van der Waals surface area (Å²) in [6.07, 6.45) is 4.72. The van der Waals surface area contributed by atoms with Gasteiger partial charge in [0, 0.05) is 36.3 Å². The van der Waals surface area contributed by atoms with Crippen LogP contribution in [0.3, 0.4) is 0 Å². The van der Waals surface area contributed by atoms with Crippen molar-refractivity contribution in [3.05, 3.63) is 48.0 Å². The van der Waals surface area contributed by atoms with Crippen LogP contribution < -0.4 is 15.5 Å². The molecule has 0 saturated carbocycles. The summed E-state index contributed by atoms with van der Waals surface area (Å²) >= 11 is 0. The zero-order valence-electron chi connectivity index (χ0n) is 20.9. The molecule has 2 fully saturated rings. The first kappa shape index (κ1) is 26.0. The minimum atomic E-state index is -1.20. The van der Waals surface area contributed by atoms with Crippen molar-refractivity contribution >= 4 is 11.8 Å². The number of hydrogen-bond donors (Lipinski definition) is 1. The first-order valence-electron chi connectivity index (χ1n) is 12.6. The van der Waals surface area contributed by atoms with Crippen molar-refractivity contribution in [3.63, 3.8) is 0 Å². The second-order valence-electron chi connectivity index (χ2n) is 10.4. The Kier molecular flexibility index (Phi) is 7.88. The molecule has 0 spiro atoms. The van der Waals surface area contributed by atoms with Gasteiger partial charge in [-0.1, -0.05) is 0 Å². The number of carbonyl (C=O) groups excluding carboxylic acids is 2. The number of benzene rings is 1. The van der Waals surface area contributed by atoms with E-state index in [0.29, 0.717) is 54.6 Å². The lowest BCUT2D eigenvalue weighted by Crippen LogP contribution is -2.45. The van der Waals surface area contributed by atoms with Gasteiger partial charge in [-0.05, 0) is 76.7 Å². The Bertz CT molecular complexity index is 1080. The van der Waals surface area contributed by atoms with Gasteiger partial charge in [0.15, 0.2) is 6.20 Å². The monoisotopic (exact) mass is 501 g/mol. The van der Waals surface area contributed by atoms with Crippen molar-refractivity contribution in [3.8, 4) is 16.9 Å². The van der Waals surface area contributed by atoms with Crippen LogP contribution in [0.5, 0.6) is 5.75 Å². The second kappa shape index (κ2) is 10.9. The van der Waals surface area contributed by atoms with Gasteiger partial charge in [-0.25, -0.2) is 13.8 Å². The van der Waals surface area contributed by atoms with Gasteiger partial charge in [0.1, 0.15) is 23.3 Å². The van der Waals surface area contributed by atoms with Crippen molar-refractivity contribution in [1.29, 1.82) is 0 Å². The van der Waals surface area contributed by atoms with Crippen LogP contribution in [0.15, 0.2) is 36.5 Å². The lowest BCUT2D eigenvalue weighted by molar-refractivity contribution is -0.382. The van der Waals surface area contributed by atoms with Gasteiger partial charge in [0.25, 0.3) is 5.69 Å². The highest BCUT2D eigenvalue weighted by Crippen LogP contribution is 2.27. The van der Waals surface area contributed by atoms with Crippen LogP contribution in [0.25, 0.3) is 11.1 Å². The smallest absolute Gasteiger partial charge is 0.319 e. The van der Waals surface area contributed by atoms with Gasteiger partial charge in [-0.3, -0.25) is 9.59 Å². The quantitative estimate of drug-likeness (QED) is 0.601. The summed E-state index contributed by atoms with van der Waals surface area (Å²) in [5, 5.41) is 0. The SMILES string of the molecule is CC(C)(F)CN1CCC(COc2ccc(-c3ccc(C(=O)N4CCC[C@H]4C(N)=O)[nH+]c3)c(F)c2)CC1. The number of aromatic amines is 1. The lowest BCUT2D eigenvalue weighted by Gasteiger charge is -2.34. The molecule has 9 heteroatoms. The average molecular weight is 502 g/mol. The maximum Gasteiger partial charge on any atom is 0.319 e. The number of hydrogen-bond acceptors (Lipinski definition) is 4. The Hall–Kier alpha value is -3.07. The summed E-state index contributed by atoms with van der Waals surface area (Å²) < 4.78 is 34.6. The number of likely N-dealkylation sites (tertiary alicyclic amines) is 2. The Balaban J connectivity index is 1.33. The molecular weight excluding hydrogens is 466 g/mol. The molecule has 2 aliphatic rings. The number of nitrogens with two attached hydrogens (primary N) is 1. The molecule has 2 aliphatic heterocycles. The van der Waals surface area contributed by atoms with Crippen molar-refractivity contribution < 1.29 is 28.1 Å². The largest absolute Gasteiger partial charge is 0.493 e. The molecule has 1 aromatic carbocycles. The van der Waals surface area contributed by atoms with E-state index in [1.807, 2.05) is 0 Å². The van der Waals surface area contributed by atoms with Crippen molar-refractivity contribution in [2.24, 2.45) is 11.7 Å². The van der Waals surface area contributed by atoms with Gasteiger partial charge < -0.3 is 20.3 Å². The van der Waals surface area contributed by atoms with Crippen LogP contribution in [-0.4, -0.2) is 66.1 Å². The molecule has 0 unspecified atom stereocenters. The van der Waals surface area contributed by atoms with Gasteiger partial charge in [-0.15, -0.1) is 0 Å². The number of carbonyl (C=O) groups is 2. The third kappa shape index (κ3) is 6.37. The lowest BCUT2D eigenvalue weighted by atomic mass is 9.97. The highest BCUT2D eigenvalue weighted by atomic mass is 19.1. The summed E-state index contributed by atoms with van der Waals surface area (Å²) in [5.41, 5.74) is 5.50. The third-order valence-corrected chi connectivity index (χ3v) is 6.93. The maximum atomic E-state index is 14.9. The standard InChI is InChI=1S/C27H34F2N4O3/c1-27(2,29)17-32-12-9-18(10-13-32)16-36-20-6-7-21(22(28)14-20)19-5-8-23(31-15-19)26(35)33-11-3-4-24(33)25(30)34/h5-8,14-15,18,24H,3-4,9-13,16-17H2,1-2H3,(H2,30,34)/p+1/t24-/m0/s1. The molecule has 3 heterocycles. The Labute approximate surface area is 210 Å². The van der Waals surface area contributed by atoms with Crippen molar-refractivity contribution in [2.75, 3.05) is 32.8 Å². The van der Waals surface area contributed by atoms with E-state index in [2.05, 4.69) is 9.88 Å². The number of nitrogens with one attached hydrogen (secondary N) is 1. The van der Waals surface area contributed by atoms with Gasteiger partial charge in [0.2, 0.25) is 5.91 Å². The number of amides is 2. The van der Waals surface area contributed by atoms with E-state index in [0.717, 1.165) is 32.4 Å². The summed E-state index contributed by atoms with van der Waals surface area (Å²) in [4.78, 5) is 30.9. The molecule has 7 nitrogen and oxygen atoms in total. The molecule has 0 aliphatic carbocycles. The first-order chi connectivity index (χ1) is 17.1. The summed E-state index contributed by atoms with van der Waals surface area (Å²) in [6.45, 7) is 6.29. The summed E-state index contributed by atoms with van der Waals surface area (Å²) in [6, 6.07) is 7.44. The number of primary amides is 1. The molecule has 0 radical (unpaired) electrons. The normalized spacial score (nSPS) is 19.4. The number of aromatic nitrogens is 1. The predicted octanol–water partition coefficient (Wildman–Crippen LogP) is 3.24. The van der Waals surface area contributed by atoms with Crippen LogP contribution >= 0.6 is 0 Å². The molecule has 2 aromatic rings. The fourth-order valence-corrected chi connectivity index (χ4v) is 5.06. The first-order valence-corrected chi connectivity index (χ1v) is 12.6. The fourth-order valence-electron chi connectivity index (χ4n) is 5.06. The molecule has 2 saturated heterocycles. The second-order valence-corrected chi connectivity index (χ2v) is 10.4. The Morgan fingerprint density at radius 2 is 1.89 bits per heavy atom. The van der Waals surface area contributed by atoms with Crippen LogP contribution in [0, 0.1) is 11.7 Å². The van der Waals surface area contributed by atoms with Gasteiger partial charge in [0.05, 0.1) is 6.61 Å². The molecule has 2 amide bonds. The van der Waals surface area contributed by atoms with E-state index in [9.17, 15) is 18.4 Å². The highest BCUT2D eigenvalue weighted by molar-refractivity contribution is 5.95. The molecule has 3 N–H and O–H groups in total. The molecule has 4 rings (SSSR count). The fraction of sp³-hybridized carbons (Fsp3) is 0.519. The van der Waals surface area contributed by atoms with Gasteiger partial charge >= 0.3 is 5.91 Å². The Morgan fingerprint density at radius 1 is 1.14 bits per heavy atom. The molecule has 36 heavy (non-hydrogen) atoms. The summed E-state index contributed by atoms with van der Waals surface area (Å²) in [5.74, 6) is -0.408. The van der Waals surface area contributed by atoms with E-state index in [4.69, 9.17) is 10.5 Å². The van der Waals surface area contributed by atoms with Crippen molar-refractivity contribution in [1.82, 2.24) is 9.80 Å². The Morgan fingerprint density at radius 3 is 2.50 bits per heavy atom. The van der Waals surface area contributed by atoms with E-state index < -0.39 is 23.4 Å². The molecule has 194 valence electrons. The predicted molar refractivity (Wildman–Crippen MR) is 131 cm³/mol. The molecule has 0 bridgehead atoms. The van der Waals surface area contributed by atoms with Crippen LogP contribution in [0.4, 0.5) is 8.78 Å². The van der Waals surface area contributed by atoms with E-state index >= 15 is 0 Å². The van der Waals surface area contributed by atoms with E-state index in [1.165, 1.54) is 11.0 Å². The maximum absolute atomic E-state index is 14.9. The average Bonchev–Trinajstić information content (AvgIpc) is 3.33. The zero-order valence-corrected chi connectivity index (χ0v) is 20.9. The molecule has 1 aromatic heterocycles. The minimum absolute atomic E-state index is 0.300. The third-order valence-electron chi connectivity index (χ3n) is 6.93. The number of piperidine rings is 1. The number of nitrogens with zero attached hydrogens (tertiary/aromatic N) is 2. The number of alkyl halides is 1. The van der Waals surface area contributed by atoms with Crippen LogP contribution in [0.1, 0.15) is 50.0 Å². The highest BCUT2D eigenvalue weighted by Gasteiger charge is 2.35. The van der Waals surface area contributed by atoms with E-state index in [-0.39, 0.29) is 5.91 Å². The number of halogens is 2. The van der Waals surface area contributed by atoms with Crippen LogP contribution in [-0.2, 0) is 4.79 Å². The zero-order chi connectivity index (χ0) is 25.9. The number of pyridine rings is 1. The number of H-pyrrole nitrogens is 1. The summed E-state index contributed by atoms with van der Waals surface area (Å²) in [7, 11) is 0. The molecule has 1 atom stereocenters. The van der Waals surface area contributed by atoms with Crippen molar-refractivity contribution in [2.45, 2.75) is 51.2 Å². The minimum Gasteiger partial charge on any atom is -0.493 e. The van der Waals surface area contributed by atoms with Crippen LogP contribution in [0.2, 0.25) is 0 Å². The molecular formula is C27H35F2N4O3+. The van der Waals surface area contributed by atoms with E-state index in [1.54, 1.807) is 44.3 Å². The van der Waals surface area contributed by atoms with Gasteiger partial charge in [-0.2, -0.15) is 0 Å². The topological polar surface area (TPSA) is 90.0 Å². The number of rotatable bonds is 8. The number of ether oxygens (including phenoxy) is 1.